The summed E-state index contributed by atoms with van der Waals surface area (Å²) in [5.41, 5.74) is 0.200. The van der Waals surface area contributed by atoms with Gasteiger partial charge in [0.1, 0.15) is 4.70 Å². The summed E-state index contributed by atoms with van der Waals surface area (Å²) in [5, 5.41) is 13.0. The van der Waals surface area contributed by atoms with E-state index in [1.54, 1.807) is 12.1 Å². The number of non-ortho nitro benzene ring substituents is 1. The highest BCUT2D eigenvalue weighted by Crippen LogP contribution is 2.37. The summed E-state index contributed by atoms with van der Waals surface area (Å²) in [6.45, 7) is 6.00. The number of nitrogens with zero attached hydrogens (tertiary/aromatic N) is 2. The Morgan fingerprint density at radius 3 is 2.65 bits per heavy atom. The lowest BCUT2D eigenvalue weighted by atomic mass is 10.2. The predicted molar refractivity (Wildman–Crippen MR) is 72.0 cm³/mol. The summed E-state index contributed by atoms with van der Waals surface area (Å²) in [5.74, 6) is 0. The number of rotatable bonds is 4. The fourth-order valence-electron chi connectivity index (χ4n) is 1.87. The van der Waals surface area contributed by atoms with Gasteiger partial charge < -0.3 is 4.90 Å². The van der Waals surface area contributed by atoms with Crippen LogP contribution in [0.4, 0.5) is 10.7 Å². The molecule has 2 aromatic rings. The second-order valence-electron chi connectivity index (χ2n) is 3.71. The van der Waals surface area contributed by atoms with E-state index in [1.807, 2.05) is 12.1 Å². The molecule has 5 heteroatoms. The molecule has 0 spiro atoms. The second kappa shape index (κ2) is 4.71. The number of benzene rings is 1. The van der Waals surface area contributed by atoms with E-state index < -0.39 is 0 Å². The molecule has 1 aromatic heterocycles. The molecule has 0 radical (unpaired) electrons. The minimum absolute atomic E-state index is 0.200. The van der Waals surface area contributed by atoms with Crippen LogP contribution >= 0.6 is 11.3 Å². The fourth-order valence-corrected chi connectivity index (χ4v) is 3.14. The van der Waals surface area contributed by atoms with Crippen molar-refractivity contribution in [2.24, 2.45) is 0 Å². The standard InChI is InChI=1S/C12H14N2O2S/c1-3-13(4-2)11-8-9-6-5-7-10(14(15)16)12(9)17-11/h5-8H,3-4H2,1-2H3. The highest BCUT2D eigenvalue weighted by molar-refractivity contribution is 7.23. The molecule has 1 aromatic carbocycles. The zero-order valence-corrected chi connectivity index (χ0v) is 10.7. The molecule has 0 fully saturated rings. The van der Waals surface area contributed by atoms with Gasteiger partial charge in [0, 0.05) is 24.5 Å². The maximum absolute atomic E-state index is 10.9. The molecule has 0 aliphatic carbocycles. The molecule has 0 amide bonds. The number of hydrogen-bond donors (Lipinski definition) is 0. The minimum Gasteiger partial charge on any atom is -0.364 e. The van der Waals surface area contributed by atoms with Gasteiger partial charge in [-0.15, -0.1) is 11.3 Å². The van der Waals surface area contributed by atoms with Crippen LogP contribution in [0, 0.1) is 10.1 Å². The Bertz CT molecular complexity index is 546. The van der Waals surface area contributed by atoms with Gasteiger partial charge in [0.05, 0.1) is 9.92 Å². The third-order valence-corrected chi connectivity index (χ3v) is 4.02. The van der Waals surface area contributed by atoms with Gasteiger partial charge in [-0.1, -0.05) is 12.1 Å². The van der Waals surface area contributed by atoms with Gasteiger partial charge in [-0.25, -0.2) is 0 Å². The second-order valence-corrected chi connectivity index (χ2v) is 4.74. The Morgan fingerprint density at radius 1 is 1.35 bits per heavy atom. The van der Waals surface area contributed by atoms with E-state index >= 15 is 0 Å². The summed E-state index contributed by atoms with van der Waals surface area (Å²) in [7, 11) is 0. The number of hydrogen-bond acceptors (Lipinski definition) is 4. The van der Waals surface area contributed by atoms with E-state index in [4.69, 9.17) is 0 Å². The molecular weight excluding hydrogens is 236 g/mol. The lowest BCUT2D eigenvalue weighted by molar-refractivity contribution is -0.382. The van der Waals surface area contributed by atoms with E-state index in [-0.39, 0.29) is 10.6 Å². The first-order valence-corrected chi connectivity index (χ1v) is 6.41. The summed E-state index contributed by atoms with van der Waals surface area (Å²) < 4.78 is 0.763. The Hall–Kier alpha value is -1.62. The van der Waals surface area contributed by atoms with Gasteiger partial charge in [-0.2, -0.15) is 0 Å². The van der Waals surface area contributed by atoms with Crippen molar-refractivity contribution < 1.29 is 4.92 Å². The van der Waals surface area contributed by atoms with Crippen molar-refractivity contribution in [3.05, 3.63) is 34.4 Å². The van der Waals surface area contributed by atoms with Gasteiger partial charge in [0.25, 0.3) is 5.69 Å². The van der Waals surface area contributed by atoms with Crippen molar-refractivity contribution >= 4 is 32.1 Å². The molecule has 0 aliphatic heterocycles. The van der Waals surface area contributed by atoms with Crippen molar-refractivity contribution in [1.29, 1.82) is 0 Å². The average Bonchev–Trinajstić information content (AvgIpc) is 2.73. The third kappa shape index (κ3) is 2.10. The lowest BCUT2D eigenvalue weighted by Gasteiger charge is -2.17. The van der Waals surface area contributed by atoms with Crippen molar-refractivity contribution in [3.63, 3.8) is 0 Å². The maximum Gasteiger partial charge on any atom is 0.287 e. The maximum atomic E-state index is 10.9. The molecule has 2 rings (SSSR count). The molecule has 0 saturated carbocycles. The van der Waals surface area contributed by atoms with Gasteiger partial charge in [0.2, 0.25) is 0 Å². The van der Waals surface area contributed by atoms with Gasteiger partial charge >= 0.3 is 0 Å². The molecular formula is C12H14N2O2S. The molecule has 1 heterocycles. The molecule has 17 heavy (non-hydrogen) atoms. The Morgan fingerprint density at radius 2 is 2.06 bits per heavy atom. The molecule has 90 valence electrons. The number of nitro benzene ring substituents is 1. The largest absolute Gasteiger partial charge is 0.364 e. The summed E-state index contributed by atoms with van der Waals surface area (Å²) >= 11 is 1.49. The van der Waals surface area contributed by atoms with Gasteiger partial charge in [-0.05, 0) is 19.9 Å². The number of fused-ring (bicyclic) bond motifs is 1. The normalized spacial score (nSPS) is 10.7. The van der Waals surface area contributed by atoms with E-state index in [0.29, 0.717) is 0 Å². The quantitative estimate of drug-likeness (QED) is 0.614. The smallest absolute Gasteiger partial charge is 0.287 e. The van der Waals surface area contributed by atoms with Gasteiger partial charge in [0.15, 0.2) is 0 Å². The highest BCUT2D eigenvalue weighted by atomic mass is 32.1. The van der Waals surface area contributed by atoms with Crippen molar-refractivity contribution in [3.8, 4) is 0 Å². The van der Waals surface area contributed by atoms with Crippen LogP contribution in [0.2, 0.25) is 0 Å². The number of anilines is 1. The van der Waals surface area contributed by atoms with Gasteiger partial charge in [-0.3, -0.25) is 10.1 Å². The molecule has 4 nitrogen and oxygen atoms in total. The fraction of sp³-hybridized carbons (Fsp3) is 0.333. The van der Waals surface area contributed by atoms with Crippen LogP contribution in [-0.2, 0) is 0 Å². The van der Waals surface area contributed by atoms with E-state index in [2.05, 4.69) is 18.7 Å². The molecule has 0 unspecified atom stereocenters. The zero-order chi connectivity index (χ0) is 12.4. The molecule has 0 N–H and O–H groups in total. The predicted octanol–water partition coefficient (Wildman–Crippen LogP) is 3.66. The first kappa shape index (κ1) is 11.9. The van der Waals surface area contributed by atoms with Crippen LogP contribution in [-0.4, -0.2) is 18.0 Å². The SMILES string of the molecule is CCN(CC)c1cc2cccc([N+](=O)[O-])c2s1. The highest BCUT2D eigenvalue weighted by Gasteiger charge is 2.15. The zero-order valence-electron chi connectivity index (χ0n) is 9.84. The topological polar surface area (TPSA) is 46.4 Å². The van der Waals surface area contributed by atoms with Crippen LogP contribution in [0.1, 0.15) is 13.8 Å². The van der Waals surface area contributed by atoms with E-state index in [0.717, 1.165) is 28.2 Å². The van der Waals surface area contributed by atoms with Crippen molar-refractivity contribution in [1.82, 2.24) is 0 Å². The first-order chi connectivity index (χ1) is 8.17. The van der Waals surface area contributed by atoms with Crippen LogP contribution < -0.4 is 4.90 Å². The van der Waals surface area contributed by atoms with Crippen molar-refractivity contribution in [2.75, 3.05) is 18.0 Å². The monoisotopic (exact) mass is 250 g/mol. The lowest BCUT2D eigenvalue weighted by Crippen LogP contribution is -2.20. The van der Waals surface area contributed by atoms with E-state index in [9.17, 15) is 10.1 Å². The number of nitro groups is 1. The molecule has 0 bridgehead atoms. The summed E-state index contributed by atoms with van der Waals surface area (Å²) in [6.07, 6.45) is 0. The summed E-state index contributed by atoms with van der Waals surface area (Å²) in [6, 6.07) is 7.25. The average molecular weight is 250 g/mol. The Balaban J connectivity index is 2.57. The Kier molecular flexibility index (Phi) is 3.28. The summed E-state index contributed by atoms with van der Waals surface area (Å²) in [4.78, 5) is 12.8. The Labute approximate surface area is 104 Å². The van der Waals surface area contributed by atoms with Crippen LogP contribution in [0.3, 0.4) is 0 Å². The van der Waals surface area contributed by atoms with Crippen LogP contribution in [0.5, 0.6) is 0 Å². The number of thiophene rings is 1. The molecule has 0 saturated heterocycles. The van der Waals surface area contributed by atoms with Crippen LogP contribution in [0.25, 0.3) is 10.1 Å². The molecule has 0 atom stereocenters. The van der Waals surface area contributed by atoms with E-state index in [1.165, 1.54) is 11.3 Å². The molecule has 0 aliphatic rings. The third-order valence-electron chi connectivity index (χ3n) is 2.78. The first-order valence-electron chi connectivity index (χ1n) is 5.59. The van der Waals surface area contributed by atoms with Crippen molar-refractivity contribution in [2.45, 2.75) is 13.8 Å². The minimum atomic E-state index is -0.315. The van der Waals surface area contributed by atoms with Crippen LogP contribution in [0.15, 0.2) is 24.3 Å².